The molecule has 3 heterocycles. The van der Waals surface area contributed by atoms with E-state index in [1.165, 1.54) is 6.42 Å². The average molecular weight is 474 g/mol. The van der Waals surface area contributed by atoms with E-state index in [9.17, 15) is 9.59 Å². The maximum Gasteiger partial charge on any atom is 0.271 e. The van der Waals surface area contributed by atoms with Gasteiger partial charge >= 0.3 is 0 Å². The standard InChI is InChI=1S/C29H35N3O3/c1-20-9-7-12-23(21(20)2)30-28(34)29(3)19-31-24(26-13-8-18-35-26)14-15-25(31)27(33)32(29)17-16-22-10-5-4-6-11-22/h4-6,8,10-11,13-15,18,20-21,23H,7,9,12,16-17,19H2,1-3H3,(H,30,34)/t20-,21-,23+,29+/m1/s1. The van der Waals surface area contributed by atoms with Gasteiger partial charge in [0.25, 0.3) is 5.91 Å². The van der Waals surface area contributed by atoms with Crippen LogP contribution in [0.25, 0.3) is 11.5 Å². The second-order valence-electron chi connectivity index (χ2n) is 10.5. The number of carbonyl (C=O) groups is 2. The zero-order valence-electron chi connectivity index (χ0n) is 20.9. The van der Waals surface area contributed by atoms with Gasteiger partial charge in [0.2, 0.25) is 5.91 Å². The lowest BCUT2D eigenvalue weighted by Crippen LogP contribution is -2.65. The van der Waals surface area contributed by atoms with Gasteiger partial charge in [0.05, 0.1) is 18.5 Å². The van der Waals surface area contributed by atoms with Gasteiger partial charge in [0.1, 0.15) is 17.0 Å². The molecule has 1 aliphatic carbocycles. The fraction of sp³-hybridized carbons (Fsp3) is 0.448. The van der Waals surface area contributed by atoms with Crippen molar-refractivity contribution in [3.05, 3.63) is 72.1 Å². The van der Waals surface area contributed by atoms with E-state index in [1.807, 2.05) is 54.0 Å². The summed E-state index contributed by atoms with van der Waals surface area (Å²) in [5.41, 5.74) is 1.55. The number of benzene rings is 1. The number of furan rings is 1. The molecule has 5 rings (SSSR count). The molecule has 0 radical (unpaired) electrons. The molecule has 6 heteroatoms. The Balaban J connectivity index is 1.48. The summed E-state index contributed by atoms with van der Waals surface area (Å²) in [6.07, 6.45) is 5.62. The molecule has 2 aromatic heterocycles. The molecule has 1 saturated carbocycles. The number of nitrogens with zero attached hydrogens (tertiary/aromatic N) is 2. The second-order valence-corrected chi connectivity index (χ2v) is 10.5. The largest absolute Gasteiger partial charge is 0.463 e. The summed E-state index contributed by atoms with van der Waals surface area (Å²) in [6, 6.07) is 17.7. The van der Waals surface area contributed by atoms with Crippen LogP contribution in [0.15, 0.2) is 65.3 Å². The molecule has 1 N–H and O–H groups in total. The third kappa shape index (κ3) is 4.30. The smallest absolute Gasteiger partial charge is 0.271 e. The van der Waals surface area contributed by atoms with Crippen LogP contribution in [0.5, 0.6) is 0 Å². The van der Waals surface area contributed by atoms with Crippen molar-refractivity contribution < 1.29 is 14.0 Å². The Hall–Kier alpha value is -3.28. The summed E-state index contributed by atoms with van der Waals surface area (Å²) in [7, 11) is 0. The Morgan fingerprint density at radius 2 is 1.83 bits per heavy atom. The normalized spacial score (nSPS) is 26.4. The van der Waals surface area contributed by atoms with E-state index in [1.54, 1.807) is 11.2 Å². The van der Waals surface area contributed by atoms with Crippen molar-refractivity contribution in [2.24, 2.45) is 11.8 Å². The van der Waals surface area contributed by atoms with E-state index >= 15 is 0 Å². The van der Waals surface area contributed by atoms with E-state index in [0.29, 0.717) is 42.8 Å². The Morgan fingerprint density at radius 1 is 1.06 bits per heavy atom. The molecular weight excluding hydrogens is 438 g/mol. The lowest BCUT2D eigenvalue weighted by Gasteiger charge is -2.46. The molecule has 6 nitrogen and oxygen atoms in total. The highest BCUT2D eigenvalue weighted by atomic mass is 16.3. The van der Waals surface area contributed by atoms with E-state index in [2.05, 4.69) is 31.3 Å². The number of hydrogen-bond donors (Lipinski definition) is 1. The minimum Gasteiger partial charge on any atom is -0.463 e. The number of nitrogens with one attached hydrogen (secondary N) is 1. The quantitative estimate of drug-likeness (QED) is 0.539. The molecule has 2 amide bonds. The van der Waals surface area contributed by atoms with Gasteiger partial charge in [-0.1, -0.05) is 57.0 Å². The van der Waals surface area contributed by atoms with Gasteiger partial charge in [-0.15, -0.1) is 0 Å². The molecule has 2 aliphatic rings. The first-order chi connectivity index (χ1) is 16.9. The van der Waals surface area contributed by atoms with Gasteiger partial charge in [-0.2, -0.15) is 0 Å². The highest BCUT2D eigenvalue weighted by molar-refractivity contribution is 6.00. The van der Waals surface area contributed by atoms with E-state index in [0.717, 1.165) is 24.1 Å². The summed E-state index contributed by atoms with van der Waals surface area (Å²) in [6.45, 7) is 7.27. The highest BCUT2D eigenvalue weighted by Crippen LogP contribution is 2.35. The van der Waals surface area contributed by atoms with E-state index < -0.39 is 5.54 Å². The third-order valence-electron chi connectivity index (χ3n) is 8.26. The summed E-state index contributed by atoms with van der Waals surface area (Å²) in [5, 5.41) is 3.37. The van der Waals surface area contributed by atoms with Crippen LogP contribution >= 0.6 is 0 Å². The van der Waals surface area contributed by atoms with Crippen LogP contribution in [0.4, 0.5) is 0 Å². The minimum absolute atomic E-state index is 0.0744. The molecule has 35 heavy (non-hydrogen) atoms. The Bertz CT molecular complexity index is 1180. The number of carbonyl (C=O) groups excluding carboxylic acids is 2. The van der Waals surface area contributed by atoms with Crippen molar-refractivity contribution in [3.8, 4) is 11.5 Å². The highest BCUT2D eigenvalue weighted by Gasteiger charge is 2.48. The van der Waals surface area contributed by atoms with Crippen molar-refractivity contribution in [2.45, 2.75) is 64.6 Å². The first kappa shape index (κ1) is 23.5. The first-order valence-electron chi connectivity index (χ1n) is 12.8. The Kier molecular flexibility index (Phi) is 6.30. The molecular formula is C29H35N3O3. The van der Waals surface area contributed by atoms with Crippen LogP contribution in [0.2, 0.25) is 0 Å². The SMILES string of the molecule is C[C@@H]1[C@H](C)CCC[C@@H]1NC(=O)[C@]1(C)Cn2c(ccc2-c2ccco2)C(=O)N1CCc1ccccc1. The number of rotatable bonds is 6. The maximum atomic E-state index is 14.0. The summed E-state index contributed by atoms with van der Waals surface area (Å²) >= 11 is 0. The van der Waals surface area contributed by atoms with Gasteiger partial charge in [-0.25, -0.2) is 0 Å². The van der Waals surface area contributed by atoms with Gasteiger partial charge in [-0.05, 0) is 61.4 Å². The molecule has 0 spiro atoms. The Morgan fingerprint density at radius 3 is 2.57 bits per heavy atom. The zero-order chi connectivity index (χ0) is 24.6. The second kappa shape index (κ2) is 9.40. The number of fused-ring (bicyclic) bond motifs is 1. The van der Waals surface area contributed by atoms with Crippen molar-refractivity contribution in [2.75, 3.05) is 6.54 Å². The predicted molar refractivity (Wildman–Crippen MR) is 136 cm³/mol. The molecule has 184 valence electrons. The molecule has 0 saturated heterocycles. The fourth-order valence-corrected chi connectivity index (χ4v) is 5.76. The first-order valence-corrected chi connectivity index (χ1v) is 12.8. The van der Waals surface area contributed by atoms with Gasteiger partial charge in [0, 0.05) is 12.6 Å². The van der Waals surface area contributed by atoms with Crippen molar-refractivity contribution in [1.82, 2.24) is 14.8 Å². The molecule has 1 aromatic carbocycles. The van der Waals surface area contributed by atoms with Crippen LogP contribution in [-0.4, -0.2) is 39.4 Å². The lowest BCUT2D eigenvalue weighted by atomic mass is 9.77. The number of amides is 2. The monoisotopic (exact) mass is 473 g/mol. The molecule has 0 bridgehead atoms. The Labute approximate surface area is 207 Å². The predicted octanol–water partition coefficient (Wildman–Crippen LogP) is 5.15. The van der Waals surface area contributed by atoms with Crippen molar-refractivity contribution in [3.63, 3.8) is 0 Å². The molecule has 1 fully saturated rings. The fourth-order valence-electron chi connectivity index (χ4n) is 5.76. The summed E-state index contributed by atoms with van der Waals surface area (Å²) in [5.74, 6) is 1.49. The molecule has 3 aromatic rings. The van der Waals surface area contributed by atoms with Crippen LogP contribution in [-0.2, 0) is 17.8 Å². The topological polar surface area (TPSA) is 67.5 Å². The molecule has 4 atom stereocenters. The molecule has 0 unspecified atom stereocenters. The number of hydrogen-bond acceptors (Lipinski definition) is 3. The minimum atomic E-state index is -1.01. The van der Waals surface area contributed by atoms with Crippen LogP contribution in [0.1, 0.15) is 56.1 Å². The average Bonchev–Trinajstić information content (AvgIpc) is 3.52. The zero-order valence-corrected chi connectivity index (χ0v) is 20.9. The summed E-state index contributed by atoms with van der Waals surface area (Å²) in [4.78, 5) is 29.6. The third-order valence-corrected chi connectivity index (χ3v) is 8.26. The van der Waals surface area contributed by atoms with Crippen LogP contribution < -0.4 is 5.32 Å². The number of aromatic nitrogens is 1. The summed E-state index contributed by atoms with van der Waals surface area (Å²) < 4.78 is 7.59. The maximum absolute atomic E-state index is 14.0. The lowest BCUT2D eigenvalue weighted by molar-refractivity contribution is -0.134. The van der Waals surface area contributed by atoms with Gasteiger partial charge in [0.15, 0.2) is 0 Å². The van der Waals surface area contributed by atoms with Crippen molar-refractivity contribution >= 4 is 11.8 Å². The van der Waals surface area contributed by atoms with Crippen molar-refractivity contribution in [1.29, 1.82) is 0 Å². The van der Waals surface area contributed by atoms with Gasteiger partial charge in [-0.3, -0.25) is 9.59 Å². The van der Waals surface area contributed by atoms with E-state index in [-0.39, 0.29) is 17.9 Å². The van der Waals surface area contributed by atoms with Crippen LogP contribution in [0, 0.1) is 11.8 Å². The molecule has 1 aliphatic heterocycles. The van der Waals surface area contributed by atoms with Crippen LogP contribution in [0.3, 0.4) is 0 Å². The van der Waals surface area contributed by atoms with E-state index in [4.69, 9.17) is 4.42 Å². The van der Waals surface area contributed by atoms with Gasteiger partial charge < -0.3 is 19.2 Å².